The standard InChI is InChI=1S/C13H25N3O/c1-3-4-8-15(2)13(17)11-16-9-6-5-7-12(16)10-14/h5,7,12H,3-4,6,8-11,14H2,1-2H3. The molecular formula is C13H25N3O. The highest BCUT2D eigenvalue weighted by atomic mass is 16.2. The van der Waals surface area contributed by atoms with Crippen LogP contribution in [0.25, 0.3) is 0 Å². The van der Waals surface area contributed by atoms with E-state index in [-0.39, 0.29) is 11.9 Å². The Kier molecular flexibility index (Phi) is 6.22. The van der Waals surface area contributed by atoms with Crippen LogP contribution in [0.3, 0.4) is 0 Å². The van der Waals surface area contributed by atoms with E-state index < -0.39 is 0 Å². The van der Waals surface area contributed by atoms with Gasteiger partial charge in [-0.15, -0.1) is 0 Å². The van der Waals surface area contributed by atoms with Crippen molar-refractivity contribution in [1.82, 2.24) is 9.80 Å². The predicted molar refractivity (Wildman–Crippen MR) is 70.7 cm³/mol. The van der Waals surface area contributed by atoms with Crippen molar-refractivity contribution in [3.63, 3.8) is 0 Å². The van der Waals surface area contributed by atoms with E-state index in [1.165, 1.54) is 0 Å². The first-order valence-corrected chi connectivity index (χ1v) is 6.53. The fourth-order valence-corrected chi connectivity index (χ4v) is 2.02. The third-order valence-electron chi connectivity index (χ3n) is 3.26. The molecule has 1 aliphatic rings. The van der Waals surface area contributed by atoms with Crippen molar-refractivity contribution in [2.45, 2.75) is 32.2 Å². The summed E-state index contributed by atoms with van der Waals surface area (Å²) < 4.78 is 0. The number of hydrogen-bond donors (Lipinski definition) is 1. The summed E-state index contributed by atoms with van der Waals surface area (Å²) in [6, 6.07) is 0.229. The van der Waals surface area contributed by atoms with Crippen LogP contribution < -0.4 is 5.73 Å². The summed E-state index contributed by atoms with van der Waals surface area (Å²) in [4.78, 5) is 16.0. The average molecular weight is 239 g/mol. The van der Waals surface area contributed by atoms with Crippen molar-refractivity contribution in [1.29, 1.82) is 0 Å². The molecule has 98 valence electrons. The zero-order chi connectivity index (χ0) is 12.7. The lowest BCUT2D eigenvalue weighted by molar-refractivity contribution is -0.131. The lowest BCUT2D eigenvalue weighted by Crippen LogP contribution is -2.47. The number of likely N-dealkylation sites (N-methyl/N-ethyl adjacent to an activating group) is 1. The first-order chi connectivity index (χ1) is 8.19. The van der Waals surface area contributed by atoms with Gasteiger partial charge in [-0.3, -0.25) is 9.69 Å². The lowest BCUT2D eigenvalue weighted by Gasteiger charge is -2.32. The Morgan fingerprint density at radius 2 is 2.35 bits per heavy atom. The summed E-state index contributed by atoms with van der Waals surface area (Å²) in [6.07, 6.45) is 7.47. The Hall–Kier alpha value is -0.870. The second-order valence-corrected chi connectivity index (χ2v) is 4.66. The molecule has 1 aliphatic heterocycles. The molecule has 0 saturated carbocycles. The molecule has 17 heavy (non-hydrogen) atoms. The summed E-state index contributed by atoms with van der Waals surface area (Å²) in [5, 5.41) is 0. The Morgan fingerprint density at radius 1 is 1.59 bits per heavy atom. The van der Waals surface area contributed by atoms with Crippen LogP contribution in [0.15, 0.2) is 12.2 Å². The zero-order valence-electron chi connectivity index (χ0n) is 11.1. The number of hydrogen-bond acceptors (Lipinski definition) is 3. The molecule has 0 aromatic carbocycles. The molecule has 0 aromatic rings. The van der Waals surface area contributed by atoms with E-state index in [1.54, 1.807) is 0 Å². The highest BCUT2D eigenvalue weighted by Crippen LogP contribution is 2.09. The van der Waals surface area contributed by atoms with Crippen molar-refractivity contribution in [2.75, 3.05) is 33.2 Å². The van der Waals surface area contributed by atoms with Crippen LogP contribution in [0.2, 0.25) is 0 Å². The largest absolute Gasteiger partial charge is 0.345 e. The van der Waals surface area contributed by atoms with Gasteiger partial charge in [-0.2, -0.15) is 0 Å². The number of carbonyl (C=O) groups excluding carboxylic acids is 1. The van der Waals surface area contributed by atoms with Crippen LogP contribution in [0, 0.1) is 0 Å². The quantitative estimate of drug-likeness (QED) is 0.699. The Balaban J connectivity index is 2.41. The molecule has 1 amide bonds. The number of nitrogens with two attached hydrogens (primary N) is 1. The maximum atomic E-state index is 12.0. The number of carbonyl (C=O) groups is 1. The van der Waals surface area contributed by atoms with Crippen LogP contribution in [0.1, 0.15) is 26.2 Å². The molecule has 0 saturated heterocycles. The predicted octanol–water partition coefficient (Wildman–Crippen LogP) is 0.834. The molecular weight excluding hydrogens is 214 g/mol. The fourth-order valence-electron chi connectivity index (χ4n) is 2.02. The van der Waals surface area contributed by atoms with Crippen LogP contribution >= 0.6 is 0 Å². The van der Waals surface area contributed by atoms with Gasteiger partial charge in [-0.05, 0) is 12.8 Å². The number of rotatable bonds is 6. The van der Waals surface area contributed by atoms with Gasteiger partial charge in [-0.25, -0.2) is 0 Å². The summed E-state index contributed by atoms with van der Waals surface area (Å²) in [7, 11) is 1.88. The third kappa shape index (κ3) is 4.48. The van der Waals surface area contributed by atoms with Crippen LogP contribution in [0.5, 0.6) is 0 Å². The summed E-state index contributed by atoms with van der Waals surface area (Å²) in [5.41, 5.74) is 5.71. The molecule has 2 N–H and O–H groups in total. The van der Waals surface area contributed by atoms with Gasteiger partial charge in [-0.1, -0.05) is 25.5 Å². The molecule has 0 spiro atoms. The highest BCUT2D eigenvalue weighted by Gasteiger charge is 2.21. The van der Waals surface area contributed by atoms with E-state index in [0.29, 0.717) is 13.1 Å². The number of nitrogens with zero attached hydrogens (tertiary/aromatic N) is 2. The minimum atomic E-state index is 0.201. The molecule has 0 aromatic heterocycles. The summed E-state index contributed by atoms with van der Waals surface area (Å²) in [6.45, 7) is 5.01. The first-order valence-electron chi connectivity index (χ1n) is 6.53. The first kappa shape index (κ1) is 14.2. The van der Waals surface area contributed by atoms with E-state index >= 15 is 0 Å². The highest BCUT2D eigenvalue weighted by molar-refractivity contribution is 5.78. The van der Waals surface area contributed by atoms with Crippen molar-refractivity contribution in [3.8, 4) is 0 Å². The van der Waals surface area contributed by atoms with Gasteiger partial charge in [0.05, 0.1) is 6.54 Å². The van der Waals surface area contributed by atoms with E-state index in [1.807, 2.05) is 11.9 Å². The van der Waals surface area contributed by atoms with Crippen molar-refractivity contribution < 1.29 is 4.79 Å². The molecule has 0 aliphatic carbocycles. The van der Waals surface area contributed by atoms with Gasteiger partial charge < -0.3 is 10.6 Å². The van der Waals surface area contributed by atoms with Crippen molar-refractivity contribution >= 4 is 5.91 Å². The second-order valence-electron chi connectivity index (χ2n) is 4.66. The van der Waals surface area contributed by atoms with Crippen LogP contribution in [0.4, 0.5) is 0 Å². The van der Waals surface area contributed by atoms with Crippen LogP contribution in [-0.2, 0) is 4.79 Å². The van der Waals surface area contributed by atoms with E-state index in [9.17, 15) is 4.79 Å². The van der Waals surface area contributed by atoms with Gasteiger partial charge in [0.15, 0.2) is 0 Å². The average Bonchev–Trinajstić information content (AvgIpc) is 2.36. The van der Waals surface area contributed by atoms with Crippen LogP contribution in [-0.4, -0.2) is 55.0 Å². The van der Waals surface area contributed by atoms with Gasteiger partial charge in [0.25, 0.3) is 0 Å². The minimum Gasteiger partial charge on any atom is -0.345 e. The topological polar surface area (TPSA) is 49.6 Å². The van der Waals surface area contributed by atoms with E-state index in [0.717, 1.165) is 32.4 Å². The lowest BCUT2D eigenvalue weighted by atomic mass is 10.1. The van der Waals surface area contributed by atoms with Crippen molar-refractivity contribution in [3.05, 3.63) is 12.2 Å². The zero-order valence-corrected chi connectivity index (χ0v) is 11.1. The SMILES string of the molecule is CCCCN(C)C(=O)CN1CCC=CC1CN. The molecule has 1 atom stereocenters. The Labute approximate surface area is 104 Å². The Bertz CT molecular complexity index is 265. The fraction of sp³-hybridized carbons (Fsp3) is 0.769. The van der Waals surface area contributed by atoms with Gasteiger partial charge in [0.2, 0.25) is 5.91 Å². The van der Waals surface area contributed by atoms with Gasteiger partial charge in [0.1, 0.15) is 0 Å². The number of unbranched alkanes of at least 4 members (excludes halogenated alkanes) is 1. The maximum Gasteiger partial charge on any atom is 0.236 e. The number of amides is 1. The van der Waals surface area contributed by atoms with E-state index in [4.69, 9.17) is 5.73 Å². The molecule has 4 nitrogen and oxygen atoms in total. The molecule has 4 heteroatoms. The maximum absolute atomic E-state index is 12.0. The molecule has 1 rings (SSSR count). The normalized spacial score (nSPS) is 20.5. The van der Waals surface area contributed by atoms with Gasteiger partial charge in [0, 0.05) is 32.7 Å². The van der Waals surface area contributed by atoms with E-state index in [2.05, 4.69) is 24.0 Å². The van der Waals surface area contributed by atoms with Crippen molar-refractivity contribution in [2.24, 2.45) is 5.73 Å². The molecule has 1 unspecified atom stereocenters. The summed E-state index contributed by atoms with van der Waals surface area (Å²) in [5.74, 6) is 0.201. The van der Waals surface area contributed by atoms with Gasteiger partial charge >= 0.3 is 0 Å². The molecule has 1 heterocycles. The second kappa shape index (κ2) is 7.45. The Morgan fingerprint density at radius 3 is 3.00 bits per heavy atom. The summed E-state index contributed by atoms with van der Waals surface area (Å²) >= 11 is 0. The molecule has 0 bridgehead atoms. The molecule has 0 radical (unpaired) electrons. The molecule has 0 fully saturated rings. The monoisotopic (exact) mass is 239 g/mol. The smallest absolute Gasteiger partial charge is 0.236 e. The third-order valence-corrected chi connectivity index (χ3v) is 3.26. The minimum absolute atomic E-state index is 0.201.